The Morgan fingerprint density at radius 2 is 1.72 bits per heavy atom. The Labute approximate surface area is 173 Å². The number of benzene rings is 2. The van der Waals surface area contributed by atoms with Gasteiger partial charge in [0.15, 0.2) is 0 Å². The lowest BCUT2D eigenvalue weighted by Crippen LogP contribution is -2.31. The van der Waals surface area contributed by atoms with Crippen LogP contribution in [0.1, 0.15) is 43.4 Å². The van der Waals surface area contributed by atoms with Crippen molar-refractivity contribution in [3.8, 4) is 0 Å². The highest BCUT2D eigenvalue weighted by atomic mass is 16.5. The standard InChI is InChI=1S/C24H30N2O3/c1-4-29-24(28)14-9-19-7-12-22(13-8-19)26-17-23(27)25-16-15-20-5-10-21(11-6-20)18(2)3/h5-14,18,26H,4,15-17H2,1-3H3,(H,25,27)/b14-9+. The molecule has 2 N–H and O–H groups in total. The second-order valence-electron chi connectivity index (χ2n) is 7.06. The summed E-state index contributed by atoms with van der Waals surface area (Å²) in [6.07, 6.45) is 3.91. The molecule has 2 rings (SSSR count). The molecule has 0 aromatic heterocycles. The first-order chi connectivity index (χ1) is 14.0. The van der Waals surface area contributed by atoms with Gasteiger partial charge in [0.1, 0.15) is 0 Å². The molecule has 5 heteroatoms. The summed E-state index contributed by atoms with van der Waals surface area (Å²) in [6.45, 7) is 7.31. The molecule has 0 saturated heterocycles. The molecule has 0 heterocycles. The molecule has 0 spiro atoms. The number of amides is 1. The van der Waals surface area contributed by atoms with Crippen LogP contribution in [0.25, 0.3) is 6.08 Å². The number of carbonyl (C=O) groups is 2. The van der Waals surface area contributed by atoms with Crippen LogP contribution in [0.4, 0.5) is 5.69 Å². The van der Waals surface area contributed by atoms with E-state index >= 15 is 0 Å². The second kappa shape index (κ2) is 11.7. The highest BCUT2D eigenvalue weighted by molar-refractivity contribution is 5.87. The van der Waals surface area contributed by atoms with Crippen LogP contribution in [0, 0.1) is 0 Å². The fraction of sp³-hybridized carbons (Fsp3) is 0.333. The third kappa shape index (κ3) is 8.21. The van der Waals surface area contributed by atoms with Crippen molar-refractivity contribution in [2.24, 2.45) is 0 Å². The van der Waals surface area contributed by atoms with Gasteiger partial charge in [-0.1, -0.05) is 50.2 Å². The van der Waals surface area contributed by atoms with E-state index in [0.717, 1.165) is 17.7 Å². The summed E-state index contributed by atoms with van der Waals surface area (Å²) in [5.74, 6) is 0.120. The molecular weight excluding hydrogens is 364 g/mol. The molecule has 1 amide bonds. The van der Waals surface area contributed by atoms with E-state index in [4.69, 9.17) is 4.74 Å². The average molecular weight is 395 g/mol. The summed E-state index contributed by atoms with van der Waals surface area (Å²) in [5, 5.41) is 6.03. The summed E-state index contributed by atoms with van der Waals surface area (Å²) >= 11 is 0. The van der Waals surface area contributed by atoms with Gasteiger partial charge in [0.05, 0.1) is 13.2 Å². The van der Waals surface area contributed by atoms with Crippen molar-refractivity contribution in [3.05, 3.63) is 71.3 Å². The number of ether oxygens (including phenoxy) is 1. The van der Waals surface area contributed by atoms with Crippen molar-refractivity contribution in [2.75, 3.05) is 25.0 Å². The number of hydrogen-bond acceptors (Lipinski definition) is 4. The number of esters is 1. The molecule has 2 aromatic rings. The van der Waals surface area contributed by atoms with Crippen LogP contribution in [0.15, 0.2) is 54.6 Å². The Hall–Kier alpha value is -3.08. The topological polar surface area (TPSA) is 67.4 Å². The summed E-state index contributed by atoms with van der Waals surface area (Å²) in [4.78, 5) is 23.3. The smallest absolute Gasteiger partial charge is 0.330 e. The lowest BCUT2D eigenvalue weighted by Gasteiger charge is -2.09. The first kappa shape index (κ1) is 22.2. The summed E-state index contributed by atoms with van der Waals surface area (Å²) in [5.41, 5.74) is 4.27. The van der Waals surface area contributed by atoms with Gasteiger partial charge in [0.2, 0.25) is 5.91 Å². The summed E-state index contributed by atoms with van der Waals surface area (Å²) < 4.78 is 4.84. The van der Waals surface area contributed by atoms with E-state index in [1.165, 1.54) is 17.2 Å². The zero-order chi connectivity index (χ0) is 21.1. The van der Waals surface area contributed by atoms with E-state index in [0.29, 0.717) is 19.1 Å². The Bertz CT molecular complexity index is 809. The molecule has 0 fully saturated rings. The van der Waals surface area contributed by atoms with Crippen LogP contribution in [-0.4, -0.2) is 31.6 Å². The normalized spacial score (nSPS) is 10.9. The van der Waals surface area contributed by atoms with Gasteiger partial charge in [-0.05, 0) is 54.2 Å². The van der Waals surface area contributed by atoms with Gasteiger partial charge in [-0.2, -0.15) is 0 Å². The van der Waals surface area contributed by atoms with Gasteiger partial charge in [-0.3, -0.25) is 4.79 Å². The lowest BCUT2D eigenvalue weighted by molar-refractivity contribution is -0.137. The van der Waals surface area contributed by atoms with Crippen molar-refractivity contribution in [1.29, 1.82) is 0 Å². The average Bonchev–Trinajstić information content (AvgIpc) is 2.72. The molecule has 0 bridgehead atoms. The predicted molar refractivity (Wildman–Crippen MR) is 118 cm³/mol. The molecule has 154 valence electrons. The minimum absolute atomic E-state index is 0.0462. The number of carbonyl (C=O) groups excluding carboxylic acids is 2. The molecule has 0 aliphatic carbocycles. The SMILES string of the molecule is CCOC(=O)/C=C/c1ccc(NCC(=O)NCCc2ccc(C(C)C)cc2)cc1. The minimum atomic E-state index is -0.359. The Morgan fingerprint density at radius 1 is 1.03 bits per heavy atom. The van der Waals surface area contributed by atoms with Crippen LogP contribution in [-0.2, 0) is 20.7 Å². The quantitative estimate of drug-likeness (QED) is 0.469. The van der Waals surface area contributed by atoms with Crippen molar-refractivity contribution in [2.45, 2.75) is 33.1 Å². The van der Waals surface area contributed by atoms with Crippen LogP contribution < -0.4 is 10.6 Å². The van der Waals surface area contributed by atoms with Crippen molar-refractivity contribution in [3.63, 3.8) is 0 Å². The largest absolute Gasteiger partial charge is 0.463 e. The van der Waals surface area contributed by atoms with Gasteiger partial charge < -0.3 is 15.4 Å². The summed E-state index contributed by atoms with van der Waals surface area (Å²) in [6, 6.07) is 16.0. The third-order valence-corrected chi connectivity index (χ3v) is 4.44. The van der Waals surface area contributed by atoms with Gasteiger partial charge in [-0.25, -0.2) is 4.79 Å². The molecule has 0 aliphatic heterocycles. The van der Waals surface area contributed by atoms with E-state index < -0.39 is 0 Å². The van der Waals surface area contributed by atoms with Gasteiger partial charge in [0, 0.05) is 18.3 Å². The first-order valence-electron chi connectivity index (χ1n) is 10.0. The number of anilines is 1. The minimum Gasteiger partial charge on any atom is -0.463 e. The van der Waals surface area contributed by atoms with Crippen LogP contribution in [0.5, 0.6) is 0 Å². The molecule has 0 aliphatic rings. The van der Waals surface area contributed by atoms with Gasteiger partial charge in [-0.15, -0.1) is 0 Å². The zero-order valence-electron chi connectivity index (χ0n) is 17.4. The van der Waals surface area contributed by atoms with E-state index in [-0.39, 0.29) is 18.4 Å². The summed E-state index contributed by atoms with van der Waals surface area (Å²) in [7, 11) is 0. The molecule has 0 saturated carbocycles. The fourth-order valence-corrected chi connectivity index (χ4v) is 2.73. The molecule has 2 aromatic carbocycles. The van der Waals surface area contributed by atoms with Crippen LogP contribution in [0.3, 0.4) is 0 Å². The molecule has 0 atom stereocenters. The Kier molecular flexibility index (Phi) is 8.96. The van der Waals surface area contributed by atoms with Crippen molar-refractivity contribution < 1.29 is 14.3 Å². The highest BCUT2D eigenvalue weighted by Crippen LogP contribution is 2.14. The highest BCUT2D eigenvalue weighted by Gasteiger charge is 2.03. The van der Waals surface area contributed by atoms with E-state index in [9.17, 15) is 9.59 Å². The van der Waals surface area contributed by atoms with Gasteiger partial charge in [0.25, 0.3) is 0 Å². The van der Waals surface area contributed by atoms with Crippen LogP contribution in [0.2, 0.25) is 0 Å². The van der Waals surface area contributed by atoms with Crippen molar-refractivity contribution in [1.82, 2.24) is 5.32 Å². The lowest BCUT2D eigenvalue weighted by atomic mass is 10.0. The maximum absolute atomic E-state index is 12.0. The monoisotopic (exact) mass is 394 g/mol. The molecule has 29 heavy (non-hydrogen) atoms. The van der Waals surface area contributed by atoms with Gasteiger partial charge >= 0.3 is 5.97 Å². The fourth-order valence-electron chi connectivity index (χ4n) is 2.73. The van der Waals surface area contributed by atoms with E-state index in [1.807, 2.05) is 24.3 Å². The molecular formula is C24H30N2O3. The Morgan fingerprint density at radius 3 is 2.34 bits per heavy atom. The third-order valence-electron chi connectivity index (χ3n) is 4.44. The van der Waals surface area contributed by atoms with Crippen molar-refractivity contribution >= 4 is 23.6 Å². The van der Waals surface area contributed by atoms with Crippen LogP contribution >= 0.6 is 0 Å². The maximum Gasteiger partial charge on any atom is 0.330 e. The number of nitrogens with one attached hydrogen (secondary N) is 2. The first-order valence-corrected chi connectivity index (χ1v) is 10.0. The molecule has 0 unspecified atom stereocenters. The maximum atomic E-state index is 12.0. The number of rotatable bonds is 10. The molecule has 5 nitrogen and oxygen atoms in total. The number of hydrogen-bond donors (Lipinski definition) is 2. The second-order valence-corrected chi connectivity index (χ2v) is 7.06. The zero-order valence-corrected chi connectivity index (χ0v) is 17.4. The van der Waals surface area contributed by atoms with E-state index in [2.05, 4.69) is 48.7 Å². The van der Waals surface area contributed by atoms with E-state index in [1.54, 1.807) is 13.0 Å². The molecule has 0 radical (unpaired) electrons. The predicted octanol–water partition coefficient (Wildman–Crippen LogP) is 4.16. The Balaban J connectivity index is 1.70.